The summed E-state index contributed by atoms with van der Waals surface area (Å²) in [7, 11) is 0. The zero-order chi connectivity index (χ0) is 21.6. The van der Waals surface area contributed by atoms with Crippen molar-refractivity contribution in [1.82, 2.24) is 0 Å². The molecule has 1 aliphatic carbocycles. The van der Waals surface area contributed by atoms with Gasteiger partial charge in [0, 0.05) is 18.8 Å². The van der Waals surface area contributed by atoms with Crippen molar-refractivity contribution in [3.8, 4) is 5.75 Å². The molecule has 1 atom stereocenters. The number of nitrogens with one attached hydrogen (secondary N) is 2. The number of phenolic OH excluding ortho intramolecular Hbond substituents is 1. The molecule has 1 saturated heterocycles. The van der Waals surface area contributed by atoms with Gasteiger partial charge in [0.1, 0.15) is 24.7 Å². The minimum atomic E-state index is -0.198. The van der Waals surface area contributed by atoms with E-state index in [2.05, 4.69) is 4.99 Å². The molecule has 0 bridgehead atoms. The Labute approximate surface area is 182 Å². The average molecular weight is 427 g/mol. The Morgan fingerprint density at radius 2 is 2.06 bits per heavy atom. The second-order valence-corrected chi connectivity index (χ2v) is 8.49. The molecule has 6 heteroatoms. The number of fused-ring (bicyclic) bond motifs is 1. The number of hydrogen-bond donors (Lipinski definition) is 3. The molecule has 1 fully saturated rings. The first kappa shape index (κ1) is 21.7. The third kappa shape index (κ3) is 5.38. The Balaban J connectivity index is 1.49. The predicted molar refractivity (Wildman–Crippen MR) is 116 cm³/mol. The molecule has 0 aromatic heterocycles. The molecular weight excluding hydrogens is 395 g/mol. The van der Waals surface area contributed by atoms with E-state index in [0.717, 1.165) is 30.8 Å². The molecule has 1 aromatic rings. The van der Waals surface area contributed by atoms with E-state index in [9.17, 15) is 14.3 Å². The van der Waals surface area contributed by atoms with Gasteiger partial charge in [0.25, 0.3) is 0 Å². The molecule has 1 unspecified atom stereocenters. The van der Waals surface area contributed by atoms with Gasteiger partial charge in [-0.15, -0.1) is 0 Å². The zero-order valence-electron chi connectivity index (χ0n) is 17.8. The summed E-state index contributed by atoms with van der Waals surface area (Å²) in [6, 6.07) is 7.24. The maximum Gasteiger partial charge on any atom is 0.241 e. The molecule has 4 rings (SSSR count). The number of aryl methyl sites for hydroxylation is 1. The number of rotatable bonds is 7. The van der Waals surface area contributed by atoms with Crippen LogP contribution in [0.2, 0.25) is 0 Å². The second kappa shape index (κ2) is 10.2. The fraction of sp³-hybridized carbons (Fsp3) is 0.440. The van der Waals surface area contributed by atoms with Crippen molar-refractivity contribution in [2.45, 2.75) is 32.1 Å². The Bertz CT molecular complexity index is 942. The average Bonchev–Trinajstić information content (AvgIpc) is 2.96. The molecule has 164 valence electrons. The highest BCUT2D eigenvalue weighted by atomic mass is 19.1. The van der Waals surface area contributed by atoms with Crippen LogP contribution in [-0.4, -0.2) is 49.4 Å². The van der Waals surface area contributed by atoms with E-state index >= 15 is 0 Å². The van der Waals surface area contributed by atoms with Gasteiger partial charge in [-0.3, -0.25) is 4.79 Å². The van der Waals surface area contributed by atoms with Crippen molar-refractivity contribution < 1.29 is 28.9 Å². The number of carbonyl (C=O) groups excluding carboxylic acids is 1. The summed E-state index contributed by atoms with van der Waals surface area (Å²) in [6.07, 6.45) is 8.40. The number of Topliss-reactive ketones (excluding diaryl/α,β-unsaturated/α-hetero) is 1. The molecule has 3 aliphatic rings. The van der Waals surface area contributed by atoms with E-state index in [1.807, 2.05) is 18.2 Å². The van der Waals surface area contributed by atoms with Crippen LogP contribution in [0.25, 0.3) is 0 Å². The fourth-order valence-corrected chi connectivity index (χ4v) is 4.61. The highest BCUT2D eigenvalue weighted by molar-refractivity contribution is 6.37. The van der Waals surface area contributed by atoms with E-state index in [4.69, 9.17) is 4.74 Å². The maximum atomic E-state index is 14.8. The molecular formula is C25H31FN2O3+2. The van der Waals surface area contributed by atoms with Crippen molar-refractivity contribution in [3.63, 3.8) is 0 Å². The van der Waals surface area contributed by atoms with Gasteiger partial charge in [-0.1, -0.05) is 30.4 Å². The van der Waals surface area contributed by atoms with Crippen molar-refractivity contribution in [2.75, 3.05) is 32.8 Å². The zero-order valence-corrected chi connectivity index (χ0v) is 17.8. The number of para-hydroxylation sites is 1. The van der Waals surface area contributed by atoms with E-state index < -0.39 is 0 Å². The number of aromatic hydroxyl groups is 1. The van der Waals surface area contributed by atoms with Crippen LogP contribution in [0.4, 0.5) is 4.39 Å². The molecule has 0 spiro atoms. The highest BCUT2D eigenvalue weighted by Crippen LogP contribution is 2.31. The van der Waals surface area contributed by atoms with Gasteiger partial charge < -0.3 is 14.7 Å². The first-order chi connectivity index (χ1) is 15.1. The van der Waals surface area contributed by atoms with E-state index in [0.29, 0.717) is 56.7 Å². The first-order valence-electron chi connectivity index (χ1n) is 11.2. The van der Waals surface area contributed by atoms with Crippen LogP contribution in [0.3, 0.4) is 0 Å². The lowest BCUT2D eigenvalue weighted by molar-refractivity contribution is -0.908. The SMILES string of the molecule is O=C(CCCc1ccccc1O)C1=[NH+]C(C[NH+]2CCOCC2)=C2C(F)=CC=CC2CC1. The second-order valence-electron chi connectivity index (χ2n) is 8.49. The summed E-state index contributed by atoms with van der Waals surface area (Å²) in [5.41, 5.74) is 3.08. The minimum absolute atomic E-state index is 0.000457. The lowest BCUT2D eigenvalue weighted by Gasteiger charge is -2.24. The van der Waals surface area contributed by atoms with Crippen LogP contribution in [0.5, 0.6) is 5.75 Å². The largest absolute Gasteiger partial charge is 0.508 e. The molecule has 0 saturated carbocycles. The summed E-state index contributed by atoms with van der Waals surface area (Å²) in [4.78, 5) is 17.7. The molecule has 0 radical (unpaired) electrons. The van der Waals surface area contributed by atoms with Crippen LogP contribution < -0.4 is 9.89 Å². The third-order valence-electron chi connectivity index (χ3n) is 6.35. The summed E-state index contributed by atoms with van der Waals surface area (Å²) < 4.78 is 20.3. The van der Waals surface area contributed by atoms with Crippen molar-refractivity contribution in [2.24, 2.45) is 5.92 Å². The molecule has 3 N–H and O–H groups in total. The molecule has 2 heterocycles. The Morgan fingerprint density at radius 1 is 1.26 bits per heavy atom. The molecule has 5 nitrogen and oxygen atoms in total. The smallest absolute Gasteiger partial charge is 0.241 e. The number of allylic oxidation sites excluding steroid dienone is 5. The number of halogens is 1. The van der Waals surface area contributed by atoms with Gasteiger partial charge in [-0.05, 0) is 37.0 Å². The van der Waals surface area contributed by atoms with Crippen LogP contribution in [0.15, 0.2) is 59.6 Å². The van der Waals surface area contributed by atoms with Gasteiger partial charge in [0.2, 0.25) is 17.2 Å². The number of hydrogen-bond acceptors (Lipinski definition) is 3. The monoisotopic (exact) mass is 426 g/mol. The standard InChI is InChI=1S/C25H29FN2O3/c26-20-8-3-7-19-11-12-21(24(30)10-4-6-18-5-1-2-9-23(18)29)27-22(25(19)20)17-28-13-15-31-16-14-28/h1-3,5,7-9,19,29H,4,6,10-17H2/p+2. The number of carbonyl (C=O) groups is 1. The van der Waals surface area contributed by atoms with Crippen LogP contribution in [-0.2, 0) is 16.0 Å². The lowest BCUT2D eigenvalue weighted by atomic mass is 9.88. The van der Waals surface area contributed by atoms with Crippen LogP contribution >= 0.6 is 0 Å². The fourth-order valence-electron chi connectivity index (χ4n) is 4.61. The van der Waals surface area contributed by atoms with Crippen LogP contribution in [0.1, 0.15) is 31.2 Å². The van der Waals surface area contributed by atoms with Gasteiger partial charge in [-0.25, -0.2) is 9.38 Å². The molecule has 2 aliphatic heterocycles. The number of ether oxygens (including phenoxy) is 1. The van der Waals surface area contributed by atoms with Gasteiger partial charge in [-0.2, -0.15) is 0 Å². The summed E-state index contributed by atoms with van der Waals surface area (Å²) in [6.45, 7) is 3.85. The number of morpholine rings is 1. The quantitative estimate of drug-likeness (QED) is 0.605. The lowest BCUT2D eigenvalue weighted by Crippen LogP contribution is -3.15. The van der Waals surface area contributed by atoms with Crippen molar-refractivity contribution >= 4 is 11.5 Å². The Hall–Kier alpha value is -2.57. The van der Waals surface area contributed by atoms with Crippen molar-refractivity contribution in [1.29, 1.82) is 0 Å². The number of benzene rings is 1. The van der Waals surface area contributed by atoms with E-state index in [-0.39, 0.29) is 23.3 Å². The van der Waals surface area contributed by atoms with Gasteiger partial charge in [0.15, 0.2) is 6.54 Å². The maximum absolute atomic E-state index is 14.8. The normalized spacial score (nSPS) is 21.9. The summed E-state index contributed by atoms with van der Waals surface area (Å²) in [5.74, 6) is 0.154. The Morgan fingerprint density at radius 3 is 2.87 bits per heavy atom. The first-order valence-corrected chi connectivity index (χ1v) is 11.2. The van der Waals surface area contributed by atoms with Crippen LogP contribution in [0, 0.1) is 5.92 Å². The minimum Gasteiger partial charge on any atom is -0.508 e. The highest BCUT2D eigenvalue weighted by Gasteiger charge is 2.34. The summed E-state index contributed by atoms with van der Waals surface area (Å²) >= 11 is 0. The molecule has 0 amide bonds. The van der Waals surface area contributed by atoms with Crippen molar-refractivity contribution in [3.05, 3.63) is 65.2 Å². The summed E-state index contributed by atoms with van der Waals surface area (Å²) in [5, 5.41) is 9.93. The topological polar surface area (TPSA) is 64.9 Å². The molecule has 31 heavy (non-hydrogen) atoms. The van der Waals surface area contributed by atoms with E-state index in [1.54, 1.807) is 18.2 Å². The number of quaternary nitrogens is 1. The number of phenols is 1. The number of ketones is 1. The van der Waals surface area contributed by atoms with Gasteiger partial charge in [0.05, 0.1) is 18.8 Å². The third-order valence-corrected chi connectivity index (χ3v) is 6.35. The van der Waals surface area contributed by atoms with Gasteiger partial charge >= 0.3 is 0 Å². The Kier molecular flexibility index (Phi) is 7.10. The molecule has 1 aromatic carbocycles. The van der Waals surface area contributed by atoms with E-state index in [1.165, 1.54) is 11.0 Å². The predicted octanol–water partition coefficient (Wildman–Crippen LogP) is 0.808.